The molecule has 0 bridgehead atoms. The van der Waals surface area contributed by atoms with Gasteiger partial charge in [0.2, 0.25) is 0 Å². The van der Waals surface area contributed by atoms with Crippen molar-refractivity contribution in [1.82, 2.24) is 0 Å². The summed E-state index contributed by atoms with van der Waals surface area (Å²) in [5, 5.41) is 1.38. The van der Waals surface area contributed by atoms with Gasteiger partial charge in [-0.25, -0.2) is 4.79 Å². The van der Waals surface area contributed by atoms with Crippen LogP contribution in [0.15, 0.2) is 18.2 Å². The highest BCUT2D eigenvalue weighted by atomic mass is 35.5. The molecule has 21 heavy (non-hydrogen) atoms. The molecular weight excluding hydrogens is 329 g/mol. The number of thiophene rings is 1. The van der Waals surface area contributed by atoms with Crippen molar-refractivity contribution < 1.29 is 9.53 Å². The molecule has 2 aromatic rings. The first kappa shape index (κ1) is 16.1. The SMILES string of the molecule is CCOC(=O)c1c(N)sc(CC)c1-c1ccc(Cl)c(Cl)c1. The zero-order valence-corrected chi connectivity index (χ0v) is 14.0. The number of carbonyl (C=O) groups excluding carboxylic acids is 1. The molecule has 0 radical (unpaired) electrons. The van der Waals surface area contributed by atoms with Crippen LogP contribution >= 0.6 is 34.5 Å². The molecule has 0 amide bonds. The van der Waals surface area contributed by atoms with Crippen LogP contribution in [-0.4, -0.2) is 12.6 Å². The van der Waals surface area contributed by atoms with Crippen LogP contribution in [0.5, 0.6) is 0 Å². The average Bonchev–Trinajstić information content (AvgIpc) is 2.79. The van der Waals surface area contributed by atoms with Crippen LogP contribution in [0, 0.1) is 0 Å². The van der Waals surface area contributed by atoms with E-state index in [-0.39, 0.29) is 0 Å². The van der Waals surface area contributed by atoms with Gasteiger partial charge < -0.3 is 10.5 Å². The van der Waals surface area contributed by atoms with Crippen molar-refractivity contribution in [3.8, 4) is 11.1 Å². The van der Waals surface area contributed by atoms with Gasteiger partial charge in [0.1, 0.15) is 10.6 Å². The first-order valence-corrected chi connectivity index (χ1v) is 8.10. The molecule has 0 saturated heterocycles. The van der Waals surface area contributed by atoms with Gasteiger partial charge in [-0.2, -0.15) is 0 Å². The molecule has 0 spiro atoms. The van der Waals surface area contributed by atoms with Crippen LogP contribution < -0.4 is 5.73 Å². The van der Waals surface area contributed by atoms with E-state index in [1.165, 1.54) is 11.3 Å². The van der Waals surface area contributed by atoms with Gasteiger partial charge in [-0.05, 0) is 31.0 Å². The van der Waals surface area contributed by atoms with E-state index in [0.29, 0.717) is 27.2 Å². The second-order valence-corrected chi connectivity index (χ2v) is 6.29. The third-order valence-corrected chi connectivity index (χ3v) is 4.92. The molecule has 0 aliphatic rings. The summed E-state index contributed by atoms with van der Waals surface area (Å²) in [5.74, 6) is -0.410. The number of aryl methyl sites for hydroxylation is 1. The number of nitrogen functional groups attached to an aromatic ring is 1. The fraction of sp³-hybridized carbons (Fsp3) is 0.267. The molecule has 112 valence electrons. The molecule has 3 nitrogen and oxygen atoms in total. The van der Waals surface area contributed by atoms with E-state index in [2.05, 4.69) is 0 Å². The summed E-state index contributed by atoms with van der Waals surface area (Å²) in [6.45, 7) is 4.08. The van der Waals surface area contributed by atoms with E-state index in [1.807, 2.05) is 13.0 Å². The summed E-state index contributed by atoms with van der Waals surface area (Å²) >= 11 is 13.4. The number of rotatable bonds is 4. The first-order chi connectivity index (χ1) is 9.99. The Labute approximate surface area is 137 Å². The topological polar surface area (TPSA) is 52.3 Å². The fourth-order valence-corrected chi connectivity index (χ4v) is 3.43. The molecule has 6 heteroatoms. The Morgan fingerprint density at radius 1 is 1.29 bits per heavy atom. The molecule has 1 heterocycles. The lowest BCUT2D eigenvalue weighted by Gasteiger charge is -2.08. The molecule has 1 aromatic heterocycles. The van der Waals surface area contributed by atoms with Crippen molar-refractivity contribution in [2.24, 2.45) is 0 Å². The zero-order chi connectivity index (χ0) is 15.6. The van der Waals surface area contributed by atoms with Gasteiger partial charge in [0.05, 0.1) is 16.7 Å². The second-order valence-electron chi connectivity index (χ2n) is 4.34. The van der Waals surface area contributed by atoms with Crippen LogP contribution in [0.3, 0.4) is 0 Å². The molecule has 0 atom stereocenters. The van der Waals surface area contributed by atoms with Crippen LogP contribution in [0.25, 0.3) is 11.1 Å². The van der Waals surface area contributed by atoms with Gasteiger partial charge in [-0.3, -0.25) is 0 Å². The summed E-state index contributed by atoms with van der Waals surface area (Å²) in [5.41, 5.74) is 8.03. The molecule has 0 saturated carbocycles. The monoisotopic (exact) mass is 343 g/mol. The van der Waals surface area contributed by atoms with Crippen molar-refractivity contribution in [3.05, 3.63) is 38.7 Å². The van der Waals surface area contributed by atoms with Gasteiger partial charge in [0.15, 0.2) is 0 Å². The van der Waals surface area contributed by atoms with Crippen molar-refractivity contribution in [3.63, 3.8) is 0 Å². The van der Waals surface area contributed by atoms with Crippen molar-refractivity contribution in [2.75, 3.05) is 12.3 Å². The van der Waals surface area contributed by atoms with Crippen molar-refractivity contribution in [1.29, 1.82) is 0 Å². The van der Waals surface area contributed by atoms with E-state index in [1.54, 1.807) is 19.1 Å². The van der Waals surface area contributed by atoms with Gasteiger partial charge in [-0.15, -0.1) is 11.3 Å². The van der Waals surface area contributed by atoms with E-state index in [0.717, 1.165) is 22.4 Å². The maximum absolute atomic E-state index is 12.2. The van der Waals surface area contributed by atoms with Gasteiger partial charge in [-0.1, -0.05) is 36.2 Å². The molecule has 0 aliphatic carbocycles. The Balaban J connectivity index is 2.65. The lowest BCUT2D eigenvalue weighted by Crippen LogP contribution is -2.07. The molecule has 0 fully saturated rings. The van der Waals surface area contributed by atoms with Crippen molar-refractivity contribution in [2.45, 2.75) is 20.3 Å². The molecule has 0 aliphatic heterocycles. The smallest absolute Gasteiger partial charge is 0.341 e. The Morgan fingerprint density at radius 3 is 2.57 bits per heavy atom. The minimum Gasteiger partial charge on any atom is -0.462 e. The predicted molar refractivity (Wildman–Crippen MR) is 89.5 cm³/mol. The van der Waals surface area contributed by atoms with Crippen LogP contribution in [0.2, 0.25) is 10.0 Å². The summed E-state index contributed by atoms with van der Waals surface area (Å²) in [6, 6.07) is 5.28. The number of halogens is 2. The summed E-state index contributed by atoms with van der Waals surface area (Å²) < 4.78 is 5.11. The fourth-order valence-electron chi connectivity index (χ4n) is 2.11. The highest BCUT2D eigenvalue weighted by molar-refractivity contribution is 7.17. The summed E-state index contributed by atoms with van der Waals surface area (Å²) in [6.07, 6.45) is 0.768. The highest BCUT2D eigenvalue weighted by Gasteiger charge is 2.24. The van der Waals surface area contributed by atoms with Crippen molar-refractivity contribution >= 4 is 45.5 Å². The third-order valence-electron chi connectivity index (χ3n) is 3.02. The Morgan fingerprint density at radius 2 is 2.00 bits per heavy atom. The lowest BCUT2D eigenvalue weighted by atomic mass is 10.0. The average molecular weight is 344 g/mol. The van der Waals surface area contributed by atoms with Gasteiger partial charge in [0, 0.05) is 10.4 Å². The normalized spacial score (nSPS) is 10.7. The Kier molecular flexibility index (Phi) is 5.14. The summed E-state index contributed by atoms with van der Waals surface area (Å²) in [4.78, 5) is 13.2. The standard InChI is InChI=1S/C15H15Cl2NO2S/c1-3-11-12(8-5-6-9(16)10(17)7-8)13(14(18)21-11)15(19)20-4-2/h5-7H,3-4,18H2,1-2H3. The molecule has 2 rings (SSSR count). The van der Waals surface area contributed by atoms with E-state index < -0.39 is 5.97 Å². The minimum atomic E-state index is -0.410. The molecule has 0 unspecified atom stereocenters. The molecular formula is C15H15Cl2NO2S. The largest absolute Gasteiger partial charge is 0.462 e. The highest BCUT2D eigenvalue weighted by Crippen LogP contribution is 2.41. The zero-order valence-electron chi connectivity index (χ0n) is 11.7. The number of nitrogens with two attached hydrogens (primary N) is 1. The maximum atomic E-state index is 12.2. The second kappa shape index (κ2) is 6.69. The lowest BCUT2D eigenvalue weighted by molar-refractivity contribution is 0.0529. The minimum absolute atomic E-state index is 0.302. The van der Waals surface area contributed by atoms with Gasteiger partial charge in [0.25, 0.3) is 0 Å². The van der Waals surface area contributed by atoms with Gasteiger partial charge >= 0.3 is 5.97 Å². The van der Waals surface area contributed by atoms with E-state index in [4.69, 9.17) is 33.7 Å². The first-order valence-electron chi connectivity index (χ1n) is 6.53. The van der Waals surface area contributed by atoms with E-state index in [9.17, 15) is 4.79 Å². The number of benzene rings is 1. The van der Waals surface area contributed by atoms with Crippen LogP contribution in [0.1, 0.15) is 29.1 Å². The predicted octanol–water partition coefficient (Wildman–Crippen LogP) is 5.04. The number of ether oxygens (including phenoxy) is 1. The number of carbonyl (C=O) groups is 1. The molecule has 2 N–H and O–H groups in total. The molecule has 1 aromatic carbocycles. The van der Waals surface area contributed by atoms with Crippen LogP contribution in [0.4, 0.5) is 5.00 Å². The maximum Gasteiger partial charge on any atom is 0.341 e. The third kappa shape index (κ3) is 3.18. The number of anilines is 1. The quantitative estimate of drug-likeness (QED) is 0.790. The Bertz CT molecular complexity index is 683. The Hall–Kier alpha value is -1.23. The number of esters is 1. The number of hydrogen-bond donors (Lipinski definition) is 1. The number of hydrogen-bond acceptors (Lipinski definition) is 4. The van der Waals surface area contributed by atoms with Crippen LogP contribution in [-0.2, 0) is 11.2 Å². The summed E-state index contributed by atoms with van der Waals surface area (Å²) in [7, 11) is 0. The van der Waals surface area contributed by atoms with E-state index >= 15 is 0 Å².